The van der Waals surface area contributed by atoms with Gasteiger partial charge in [0.25, 0.3) is 0 Å². The SMILES string of the molecule is Cn1cc(N2C(=O)C[C@@H]3[C@@H]2CCN3Cc2ccccn2)cn1.O=C(O)C(F)(F)F.O=C(O)C(F)(F)F. The summed E-state index contributed by atoms with van der Waals surface area (Å²) in [5, 5.41) is 18.4. The number of amides is 1. The van der Waals surface area contributed by atoms with E-state index < -0.39 is 24.3 Å². The summed E-state index contributed by atoms with van der Waals surface area (Å²) in [6, 6.07) is 6.54. The summed E-state index contributed by atoms with van der Waals surface area (Å²) >= 11 is 0. The molecule has 198 valence electrons. The number of carbonyl (C=O) groups excluding carboxylic acids is 1. The number of nitrogens with zero attached hydrogens (tertiary/aromatic N) is 5. The number of anilines is 1. The van der Waals surface area contributed by atoms with Crippen molar-refractivity contribution in [2.75, 3.05) is 11.4 Å². The Morgan fingerprint density at radius 1 is 1.06 bits per heavy atom. The lowest BCUT2D eigenvalue weighted by Gasteiger charge is -2.24. The van der Waals surface area contributed by atoms with Crippen LogP contribution in [-0.4, -0.2) is 78.7 Å². The number of halogens is 6. The molecule has 2 aromatic heterocycles. The van der Waals surface area contributed by atoms with Crippen molar-refractivity contribution in [1.29, 1.82) is 0 Å². The summed E-state index contributed by atoms with van der Waals surface area (Å²) in [6.07, 6.45) is -3.04. The van der Waals surface area contributed by atoms with Gasteiger partial charge >= 0.3 is 24.3 Å². The Morgan fingerprint density at radius 3 is 2.08 bits per heavy atom. The van der Waals surface area contributed by atoms with Crippen molar-refractivity contribution in [3.63, 3.8) is 0 Å². The molecule has 2 saturated heterocycles. The van der Waals surface area contributed by atoms with E-state index in [4.69, 9.17) is 19.8 Å². The molecule has 16 heteroatoms. The van der Waals surface area contributed by atoms with Gasteiger partial charge in [-0.15, -0.1) is 0 Å². The van der Waals surface area contributed by atoms with E-state index in [0.717, 1.165) is 30.9 Å². The third-order valence-corrected chi connectivity index (χ3v) is 5.15. The summed E-state index contributed by atoms with van der Waals surface area (Å²) in [5.41, 5.74) is 1.98. The van der Waals surface area contributed by atoms with Gasteiger partial charge in [-0.25, -0.2) is 9.59 Å². The van der Waals surface area contributed by atoms with E-state index in [0.29, 0.717) is 6.42 Å². The quantitative estimate of drug-likeness (QED) is 0.585. The highest BCUT2D eigenvalue weighted by Crippen LogP contribution is 2.36. The van der Waals surface area contributed by atoms with Crippen molar-refractivity contribution >= 4 is 23.5 Å². The number of aryl methyl sites for hydroxylation is 1. The van der Waals surface area contributed by atoms with Crippen LogP contribution in [0.2, 0.25) is 0 Å². The van der Waals surface area contributed by atoms with Crippen LogP contribution in [0.4, 0.5) is 32.0 Å². The van der Waals surface area contributed by atoms with E-state index in [2.05, 4.69) is 15.0 Å². The fraction of sp³-hybridized carbons (Fsp3) is 0.450. The van der Waals surface area contributed by atoms with Gasteiger partial charge in [0.1, 0.15) is 0 Å². The third kappa shape index (κ3) is 7.66. The van der Waals surface area contributed by atoms with Crippen LogP contribution in [0.5, 0.6) is 0 Å². The van der Waals surface area contributed by atoms with Crippen molar-refractivity contribution in [2.24, 2.45) is 7.05 Å². The molecule has 0 aliphatic carbocycles. The molecule has 0 aromatic carbocycles. The minimum atomic E-state index is -5.08. The van der Waals surface area contributed by atoms with Crippen LogP contribution in [0.15, 0.2) is 36.8 Å². The topological polar surface area (TPSA) is 129 Å². The molecule has 0 radical (unpaired) electrons. The predicted octanol–water partition coefficient (Wildman–Crippen LogP) is 2.46. The van der Waals surface area contributed by atoms with Crippen LogP contribution >= 0.6 is 0 Å². The first-order valence-corrected chi connectivity index (χ1v) is 10.2. The number of aliphatic carboxylic acids is 2. The average Bonchev–Trinajstić information content (AvgIpc) is 3.44. The largest absolute Gasteiger partial charge is 0.490 e. The minimum absolute atomic E-state index is 0.203. The van der Waals surface area contributed by atoms with Crippen LogP contribution in [0.3, 0.4) is 0 Å². The summed E-state index contributed by atoms with van der Waals surface area (Å²) in [5.74, 6) is -5.31. The highest BCUT2D eigenvalue weighted by molar-refractivity contribution is 5.97. The van der Waals surface area contributed by atoms with Gasteiger partial charge in [-0.3, -0.25) is 19.4 Å². The van der Waals surface area contributed by atoms with Crippen molar-refractivity contribution in [1.82, 2.24) is 19.7 Å². The fourth-order valence-electron chi connectivity index (χ4n) is 3.69. The highest BCUT2D eigenvalue weighted by Gasteiger charge is 2.47. The Hall–Kier alpha value is -3.69. The maximum Gasteiger partial charge on any atom is 0.490 e. The van der Waals surface area contributed by atoms with Gasteiger partial charge in [-0.05, 0) is 18.6 Å². The monoisotopic (exact) mass is 525 g/mol. The molecular formula is C20H21F6N5O5. The van der Waals surface area contributed by atoms with Crippen LogP contribution in [-0.2, 0) is 28.0 Å². The van der Waals surface area contributed by atoms with Gasteiger partial charge < -0.3 is 15.1 Å². The zero-order chi connectivity index (χ0) is 27.3. The van der Waals surface area contributed by atoms with E-state index in [1.165, 1.54) is 0 Å². The van der Waals surface area contributed by atoms with Gasteiger partial charge in [0, 0.05) is 45.0 Å². The second-order valence-corrected chi connectivity index (χ2v) is 7.66. The zero-order valence-corrected chi connectivity index (χ0v) is 18.6. The van der Waals surface area contributed by atoms with Crippen molar-refractivity contribution in [3.05, 3.63) is 42.5 Å². The van der Waals surface area contributed by atoms with Crippen LogP contribution in [0.1, 0.15) is 18.5 Å². The number of fused-ring (bicyclic) bond motifs is 1. The lowest BCUT2D eigenvalue weighted by molar-refractivity contribution is -0.193. The maximum absolute atomic E-state index is 12.4. The molecule has 2 aromatic rings. The Bertz CT molecular complexity index is 1040. The predicted molar refractivity (Wildman–Crippen MR) is 110 cm³/mol. The molecule has 0 saturated carbocycles. The number of hydrogen-bond donors (Lipinski definition) is 2. The van der Waals surface area contributed by atoms with Crippen LogP contribution < -0.4 is 4.90 Å². The van der Waals surface area contributed by atoms with Gasteiger partial charge in [0.15, 0.2) is 0 Å². The van der Waals surface area contributed by atoms with E-state index in [1.807, 2.05) is 42.5 Å². The molecule has 2 aliphatic rings. The van der Waals surface area contributed by atoms with Crippen LogP contribution in [0, 0.1) is 0 Å². The summed E-state index contributed by atoms with van der Waals surface area (Å²) in [6.45, 7) is 1.83. The van der Waals surface area contributed by atoms with Crippen molar-refractivity contribution in [2.45, 2.75) is 43.8 Å². The number of rotatable bonds is 3. The molecule has 1 amide bonds. The van der Waals surface area contributed by atoms with Crippen molar-refractivity contribution < 1.29 is 50.9 Å². The summed E-state index contributed by atoms with van der Waals surface area (Å²) < 4.78 is 65.2. The standard InChI is InChI=1S/C16H19N5O.2C2HF3O2/c1-19-11-13(9-18-19)21-14-5-7-20(15(14)8-16(21)22)10-12-4-2-3-6-17-12;2*3-2(4,5)1(6)7/h2-4,6,9,11,14-15H,5,7-8,10H2,1H3;2*(H,6,7)/t14-,15+;;/m0../s1. The summed E-state index contributed by atoms with van der Waals surface area (Å²) in [4.78, 5) is 39.0. The van der Waals surface area contributed by atoms with Gasteiger partial charge in [0.05, 0.1) is 23.6 Å². The normalized spacial score (nSPS) is 19.6. The number of likely N-dealkylation sites (tertiary alicyclic amines) is 1. The smallest absolute Gasteiger partial charge is 0.475 e. The molecule has 2 N–H and O–H groups in total. The molecule has 2 fully saturated rings. The Kier molecular flexibility index (Phi) is 9.01. The third-order valence-electron chi connectivity index (χ3n) is 5.15. The zero-order valence-electron chi connectivity index (χ0n) is 18.6. The molecule has 2 aliphatic heterocycles. The lowest BCUT2D eigenvalue weighted by atomic mass is 10.1. The number of carboxylic acid groups (broad SMARTS) is 2. The second-order valence-electron chi connectivity index (χ2n) is 7.66. The number of aromatic nitrogens is 3. The number of carboxylic acids is 2. The fourth-order valence-corrected chi connectivity index (χ4v) is 3.69. The molecule has 2 atom stereocenters. The molecule has 36 heavy (non-hydrogen) atoms. The molecular weight excluding hydrogens is 504 g/mol. The number of pyridine rings is 1. The molecule has 4 rings (SSSR count). The molecule has 0 bridgehead atoms. The highest BCUT2D eigenvalue weighted by atomic mass is 19.4. The molecule has 0 spiro atoms. The Morgan fingerprint density at radius 2 is 1.64 bits per heavy atom. The number of carbonyl (C=O) groups is 3. The van der Waals surface area contributed by atoms with E-state index in [9.17, 15) is 31.1 Å². The molecule has 10 nitrogen and oxygen atoms in total. The van der Waals surface area contributed by atoms with Gasteiger partial charge in [0.2, 0.25) is 5.91 Å². The van der Waals surface area contributed by atoms with E-state index >= 15 is 0 Å². The minimum Gasteiger partial charge on any atom is -0.475 e. The van der Waals surface area contributed by atoms with E-state index in [1.54, 1.807) is 10.9 Å². The van der Waals surface area contributed by atoms with E-state index in [-0.39, 0.29) is 18.0 Å². The number of hydrogen-bond acceptors (Lipinski definition) is 6. The first-order chi connectivity index (χ1) is 16.6. The first-order valence-electron chi connectivity index (χ1n) is 10.2. The molecule has 4 heterocycles. The second kappa shape index (κ2) is 11.4. The summed E-state index contributed by atoms with van der Waals surface area (Å²) in [7, 11) is 1.88. The van der Waals surface area contributed by atoms with Gasteiger partial charge in [-0.2, -0.15) is 31.4 Å². The molecule has 0 unspecified atom stereocenters. The first kappa shape index (κ1) is 28.5. The maximum atomic E-state index is 12.4. The van der Waals surface area contributed by atoms with Crippen molar-refractivity contribution in [3.8, 4) is 0 Å². The number of alkyl halides is 6. The van der Waals surface area contributed by atoms with Crippen LogP contribution in [0.25, 0.3) is 0 Å². The Labute approximate surface area is 199 Å². The Balaban J connectivity index is 0.000000271. The average molecular weight is 525 g/mol. The van der Waals surface area contributed by atoms with Gasteiger partial charge in [-0.1, -0.05) is 6.07 Å². The lowest BCUT2D eigenvalue weighted by Crippen LogP contribution is -2.37.